The summed E-state index contributed by atoms with van der Waals surface area (Å²) in [7, 11) is 0. The van der Waals surface area contributed by atoms with Crippen molar-refractivity contribution in [3.8, 4) is 6.07 Å². The second-order valence-electron chi connectivity index (χ2n) is 4.76. The summed E-state index contributed by atoms with van der Waals surface area (Å²) in [5, 5.41) is 14.6. The summed E-state index contributed by atoms with van der Waals surface area (Å²) in [6.45, 7) is 0.542. The third-order valence-electron chi connectivity index (χ3n) is 3.40. The molecule has 6 nitrogen and oxygen atoms in total. The van der Waals surface area contributed by atoms with Crippen molar-refractivity contribution in [2.45, 2.75) is 19.0 Å². The molecular weight excluding hydrogens is 273 g/mol. The van der Waals surface area contributed by atoms with Crippen LogP contribution in [0.3, 0.4) is 0 Å². The molecule has 21 heavy (non-hydrogen) atoms. The number of nitrogens with one attached hydrogen (secondary N) is 3. The predicted molar refractivity (Wildman–Crippen MR) is 72.7 cm³/mol. The molecule has 2 aromatic rings. The number of anilines is 1. The monoisotopic (exact) mass is 285 g/mol. The molecule has 0 bridgehead atoms. The fourth-order valence-electron chi connectivity index (χ4n) is 2.27. The van der Waals surface area contributed by atoms with Gasteiger partial charge in [-0.15, -0.1) is 0 Å². The van der Waals surface area contributed by atoms with Crippen LogP contribution in [0.25, 0.3) is 0 Å². The molecule has 1 aliphatic rings. The van der Waals surface area contributed by atoms with Crippen LogP contribution < -0.4 is 10.6 Å². The summed E-state index contributed by atoms with van der Waals surface area (Å²) in [5.74, 6) is -0.841. The number of nitrogens with zero attached hydrogens (tertiary/aromatic N) is 2. The fraction of sp³-hybridized carbons (Fsp3) is 0.214. The van der Waals surface area contributed by atoms with Crippen LogP contribution in [0.1, 0.15) is 17.0 Å². The van der Waals surface area contributed by atoms with Crippen molar-refractivity contribution in [3.05, 3.63) is 47.3 Å². The van der Waals surface area contributed by atoms with Crippen molar-refractivity contribution >= 4 is 11.6 Å². The minimum atomic E-state index is -0.604. The molecule has 1 unspecified atom stereocenters. The molecule has 2 heterocycles. The molecule has 106 valence electrons. The highest BCUT2D eigenvalue weighted by Gasteiger charge is 2.25. The largest absolute Gasteiger partial charge is 0.347 e. The van der Waals surface area contributed by atoms with Gasteiger partial charge in [0.15, 0.2) is 0 Å². The van der Waals surface area contributed by atoms with E-state index in [2.05, 4.69) is 20.6 Å². The fourth-order valence-corrected chi connectivity index (χ4v) is 2.27. The van der Waals surface area contributed by atoms with Gasteiger partial charge in [0.2, 0.25) is 5.91 Å². The summed E-state index contributed by atoms with van der Waals surface area (Å²) in [6, 6.07) is 5.24. The number of nitriles is 1. The zero-order valence-corrected chi connectivity index (χ0v) is 11.0. The lowest BCUT2D eigenvalue weighted by Gasteiger charge is -2.22. The van der Waals surface area contributed by atoms with Gasteiger partial charge in [0, 0.05) is 18.7 Å². The molecule has 1 amide bonds. The summed E-state index contributed by atoms with van der Waals surface area (Å²) in [5.41, 5.74) is 2.14. The lowest BCUT2D eigenvalue weighted by atomic mass is 10.0. The molecule has 7 heteroatoms. The van der Waals surface area contributed by atoms with E-state index < -0.39 is 11.9 Å². The summed E-state index contributed by atoms with van der Waals surface area (Å²) >= 11 is 0. The van der Waals surface area contributed by atoms with E-state index in [1.807, 2.05) is 0 Å². The average Bonchev–Trinajstić information content (AvgIpc) is 2.96. The van der Waals surface area contributed by atoms with Crippen molar-refractivity contribution < 1.29 is 9.18 Å². The lowest BCUT2D eigenvalue weighted by molar-refractivity contribution is -0.118. The van der Waals surface area contributed by atoms with Crippen LogP contribution in [-0.4, -0.2) is 21.9 Å². The number of carbonyl (C=O) groups excluding carboxylic acids is 1. The molecule has 0 radical (unpaired) electrons. The Bertz CT molecular complexity index is 733. The van der Waals surface area contributed by atoms with Gasteiger partial charge in [-0.25, -0.2) is 9.37 Å². The second-order valence-corrected chi connectivity index (χ2v) is 4.76. The average molecular weight is 285 g/mol. The van der Waals surface area contributed by atoms with Crippen LogP contribution in [0.15, 0.2) is 24.5 Å². The standard InChI is InChI=1S/C14H12FN5O/c15-10-2-1-9(3-8(10)5-16)20-14(21)12-4-11-13(6-17-12)19-7-18-11/h1-3,7,12,17H,4,6H2,(H,18,19)(H,20,21). The normalized spacial score (nSPS) is 16.9. The van der Waals surface area contributed by atoms with E-state index in [0.717, 1.165) is 17.5 Å². The summed E-state index contributed by atoms with van der Waals surface area (Å²) in [4.78, 5) is 19.4. The highest BCUT2D eigenvalue weighted by molar-refractivity contribution is 5.95. The minimum absolute atomic E-state index is 0.0982. The number of rotatable bonds is 2. The van der Waals surface area contributed by atoms with Gasteiger partial charge < -0.3 is 10.3 Å². The highest BCUT2D eigenvalue weighted by atomic mass is 19.1. The third-order valence-corrected chi connectivity index (χ3v) is 3.40. The molecule has 0 saturated heterocycles. The number of carbonyl (C=O) groups is 1. The zero-order chi connectivity index (χ0) is 14.8. The van der Waals surface area contributed by atoms with Crippen LogP contribution in [0.4, 0.5) is 10.1 Å². The van der Waals surface area contributed by atoms with E-state index in [1.165, 1.54) is 12.1 Å². The van der Waals surface area contributed by atoms with Crippen LogP contribution in [0.2, 0.25) is 0 Å². The first-order chi connectivity index (χ1) is 10.2. The van der Waals surface area contributed by atoms with Gasteiger partial charge in [-0.1, -0.05) is 0 Å². The van der Waals surface area contributed by atoms with E-state index >= 15 is 0 Å². The minimum Gasteiger partial charge on any atom is -0.347 e. The Hall–Kier alpha value is -2.72. The SMILES string of the molecule is N#Cc1cc(NC(=O)C2Cc3nc[nH]c3CN2)ccc1F. The number of imidazole rings is 1. The Morgan fingerprint density at radius 1 is 1.52 bits per heavy atom. The molecule has 1 aromatic heterocycles. The van der Waals surface area contributed by atoms with Gasteiger partial charge in [-0.3, -0.25) is 10.1 Å². The maximum atomic E-state index is 13.2. The van der Waals surface area contributed by atoms with Crippen molar-refractivity contribution in [1.29, 1.82) is 5.26 Å². The molecule has 1 aliphatic heterocycles. The Kier molecular flexibility index (Phi) is 3.38. The zero-order valence-electron chi connectivity index (χ0n) is 11.0. The second kappa shape index (κ2) is 5.34. The Labute approximate surface area is 120 Å². The van der Waals surface area contributed by atoms with Crippen molar-refractivity contribution in [1.82, 2.24) is 15.3 Å². The molecule has 0 saturated carbocycles. The molecule has 1 atom stereocenters. The number of aromatic nitrogens is 2. The molecule has 3 rings (SSSR count). The topological polar surface area (TPSA) is 93.6 Å². The Morgan fingerprint density at radius 3 is 3.19 bits per heavy atom. The van der Waals surface area contributed by atoms with Gasteiger partial charge in [-0.05, 0) is 18.2 Å². The molecule has 3 N–H and O–H groups in total. The van der Waals surface area contributed by atoms with Gasteiger partial charge in [-0.2, -0.15) is 5.26 Å². The van der Waals surface area contributed by atoms with Gasteiger partial charge in [0.1, 0.15) is 11.9 Å². The maximum Gasteiger partial charge on any atom is 0.241 e. The smallest absolute Gasteiger partial charge is 0.241 e. The molecular formula is C14H12FN5O. The van der Waals surface area contributed by atoms with Crippen molar-refractivity contribution in [2.24, 2.45) is 0 Å². The van der Waals surface area contributed by atoms with Crippen molar-refractivity contribution in [2.75, 3.05) is 5.32 Å². The Balaban J connectivity index is 1.71. The number of hydrogen-bond donors (Lipinski definition) is 3. The highest BCUT2D eigenvalue weighted by Crippen LogP contribution is 2.16. The van der Waals surface area contributed by atoms with E-state index in [-0.39, 0.29) is 11.5 Å². The van der Waals surface area contributed by atoms with Crippen molar-refractivity contribution in [3.63, 3.8) is 0 Å². The summed E-state index contributed by atoms with van der Waals surface area (Å²) in [6.07, 6.45) is 2.09. The quantitative estimate of drug-likeness (QED) is 0.769. The number of aromatic amines is 1. The van der Waals surface area contributed by atoms with E-state index in [1.54, 1.807) is 12.4 Å². The maximum absolute atomic E-state index is 13.2. The lowest BCUT2D eigenvalue weighted by Crippen LogP contribution is -2.44. The van der Waals surface area contributed by atoms with Gasteiger partial charge in [0.25, 0.3) is 0 Å². The van der Waals surface area contributed by atoms with E-state index in [0.29, 0.717) is 18.7 Å². The number of amides is 1. The molecule has 1 aromatic carbocycles. The van der Waals surface area contributed by atoms with Crippen LogP contribution in [0, 0.1) is 17.1 Å². The number of halogens is 1. The first-order valence-electron chi connectivity index (χ1n) is 6.42. The predicted octanol–water partition coefficient (Wildman–Crippen LogP) is 1.07. The number of H-pyrrole nitrogens is 1. The number of hydrogen-bond acceptors (Lipinski definition) is 4. The van der Waals surface area contributed by atoms with Crippen LogP contribution in [-0.2, 0) is 17.8 Å². The van der Waals surface area contributed by atoms with Gasteiger partial charge >= 0.3 is 0 Å². The number of benzene rings is 1. The molecule has 0 spiro atoms. The van der Waals surface area contributed by atoms with Crippen LogP contribution >= 0.6 is 0 Å². The van der Waals surface area contributed by atoms with Crippen LogP contribution in [0.5, 0.6) is 0 Å². The molecule has 0 aliphatic carbocycles. The van der Waals surface area contributed by atoms with E-state index in [4.69, 9.17) is 5.26 Å². The molecule has 0 fully saturated rings. The first kappa shape index (κ1) is 13.3. The van der Waals surface area contributed by atoms with E-state index in [9.17, 15) is 9.18 Å². The van der Waals surface area contributed by atoms with Gasteiger partial charge in [0.05, 0.1) is 29.3 Å². The summed E-state index contributed by atoms with van der Waals surface area (Å²) < 4.78 is 13.2. The first-order valence-corrected chi connectivity index (χ1v) is 6.42. The third kappa shape index (κ3) is 2.61. The number of fused-ring (bicyclic) bond motifs is 1. The Morgan fingerprint density at radius 2 is 2.38 bits per heavy atom.